The SMILES string of the molecule is C=CC(=O)NCc1ccc(C(=O)NCc2ccc(N(C)C)cc2)cc1. The fourth-order valence-corrected chi connectivity index (χ4v) is 2.23. The summed E-state index contributed by atoms with van der Waals surface area (Å²) in [4.78, 5) is 25.4. The quantitative estimate of drug-likeness (QED) is 0.763. The molecule has 0 aliphatic rings. The normalized spacial score (nSPS) is 10.0. The summed E-state index contributed by atoms with van der Waals surface area (Å²) in [6.07, 6.45) is 1.23. The van der Waals surface area contributed by atoms with Gasteiger partial charge in [0.15, 0.2) is 0 Å². The van der Waals surface area contributed by atoms with Crippen molar-refractivity contribution in [1.29, 1.82) is 0 Å². The van der Waals surface area contributed by atoms with Gasteiger partial charge in [0.2, 0.25) is 5.91 Å². The van der Waals surface area contributed by atoms with Crippen molar-refractivity contribution in [2.75, 3.05) is 19.0 Å². The standard InChI is InChI=1S/C20H23N3O2/c1-4-19(24)21-13-15-5-9-17(10-6-15)20(25)22-14-16-7-11-18(12-8-16)23(2)3/h4-12H,1,13-14H2,2-3H3,(H,21,24)(H,22,25). The molecule has 0 heterocycles. The maximum Gasteiger partial charge on any atom is 0.251 e. The lowest BCUT2D eigenvalue weighted by Crippen LogP contribution is -2.23. The highest BCUT2D eigenvalue weighted by molar-refractivity contribution is 5.94. The van der Waals surface area contributed by atoms with Crippen molar-refractivity contribution in [3.8, 4) is 0 Å². The zero-order valence-electron chi connectivity index (χ0n) is 14.6. The van der Waals surface area contributed by atoms with Crippen molar-refractivity contribution < 1.29 is 9.59 Å². The fraction of sp³-hybridized carbons (Fsp3) is 0.200. The van der Waals surface area contributed by atoms with Crippen LogP contribution in [0.5, 0.6) is 0 Å². The van der Waals surface area contributed by atoms with Crippen LogP contribution in [0, 0.1) is 0 Å². The van der Waals surface area contributed by atoms with E-state index < -0.39 is 0 Å². The Morgan fingerprint density at radius 2 is 1.44 bits per heavy atom. The van der Waals surface area contributed by atoms with Crippen LogP contribution in [0.1, 0.15) is 21.5 Å². The second kappa shape index (κ2) is 8.68. The van der Waals surface area contributed by atoms with E-state index in [-0.39, 0.29) is 11.8 Å². The Labute approximate surface area is 148 Å². The van der Waals surface area contributed by atoms with Crippen molar-refractivity contribution >= 4 is 17.5 Å². The summed E-state index contributed by atoms with van der Waals surface area (Å²) < 4.78 is 0. The van der Waals surface area contributed by atoms with Gasteiger partial charge >= 0.3 is 0 Å². The Morgan fingerprint density at radius 1 is 0.920 bits per heavy atom. The number of hydrogen-bond donors (Lipinski definition) is 2. The van der Waals surface area contributed by atoms with Crippen molar-refractivity contribution in [3.63, 3.8) is 0 Å². The third-order valence-electron chi connectivity index (χ3n) is 3.77. The second-order valence-corrected chi connectivity index (χ2v) is 5.86. The van der Waals surface area contributed by atoms with E-state index in [0.717, 1.165) is 16.8 Å². The van der Waals surface area contributed by atoms with Crippen molar-refractivity contribution in [1.82, 2.24) is 10.6 Å². The summed E-state index contributed by atoms with van der Waals surface area (Å²) in [5, 5.41) is 5.60. The Hall–Kier alpha value is -3.08. The molecule has 0 saturated carbocycles. The molecule has 5 heteroatoms. The summed E-state index contributed by atoms with van der Waals surface area (Å²) in [5.41, 5.74) is 3.67. The molecule has 0 atom stereocenters. The molecular weight excluding hydrogens is 314 g/mol. The van der Waals surface area contributed by atoms with Crippen molar-refractivity contribution in [3.05, 3.63) is 77.9 Å². The van der Waals surface area contributed by atoms with E-state index in [1.165, 1.54) is 6.08 Å². The predicted octanol–water partition coefficient (Wildman–Crippen LogP) is 2.48. The van der Waals surface area contributed by atoms with Crippen LogP contribution in [-0.4, -0.2) is 25.9 Å². The van der Waals surface area contributed by atoms with Gasteiger partial charge in [0.05, 0.1) is 0 Å². The Balaban J connectivity index is 1.87. The van der Waals surface area contributed by atoms with Crippen LogP contribution < -0.4 is 15.5 Å². The average Bonchev–Trinajstić information content (AvgIpc) is 2.64. The van der Waals surface area contributed by atoms with E-state index in [1.807, 2.05) is 55.4 Å². The lowest BCUT2D eigenvalue weighted by molar-refractivity contribution is -0.116. The summed E-state index contributed by atoms with van der Waals surface area (Å²) in [6.45, 7) is 4.29. The van der Waals surface area contributed by atoms with Crippen LogP contribution in [0.4, 0.5) is 5.69 Å². The van der Waals surface area contributed by atoms with Gasteiger partial charge in [0.1, 0.15) is 0 Å². The van der Waals surface area contributed by atoms with E-state index in [2.05, 4.69) is 17.2 Å². The van der Waals surface area contributed by atoms with E-state index >= 15 is 0 Å². The lowest BCUT2D eigenvalue weighted by Gasteiger charge is -2.13. The molecular formula is C20H23N3O2. The number of hydrogen-bond acceptors (Lipinski definition) is 3. The molecule has 0 radical (unpaired) electrons. The van der Waals surface area contributed by atoms with Gasteiger partial charge in [0.25, 0.3) is 5.91 Å². The number of anilines is 1. The van der Waals surface area contributed by atoms with Crippen LogP contribution in [0.15, 0.2) is 61.2 Å². The van der Waals surface area contributed by atoms with Crippen molar-refractivity contribution in [2.24, 2.45) is 0 Å². The number of rotatable bonds is 7. The zero-order chi connectivity index (χ0) is 18.2. The van der Waals surface area contributed by atoms with E-state index in [1.54, 1.807) is 12.1 Å². The first-order valence-corrected chi connectivity index (χ1v) is 8.03. The number of nitrogens with one attached hydrogen (secondary N) is 2. The number of benzene rings is 2. The summed E-state index contributed by atoms with van der Waals surface area (Å²) >= 11 is 0. The summed E-state index contributed by atoms with van der Waals surface area (Å²) in [7, 11) is 3.98. The van der Waals surface area contributed by atoms with Gasteiger partial charge < -0.3 is 15.5 Å². The first kappa shape index (κ1) is 18.3. The molecule has 2 amide bonds. The highest BCUT2D eigenvalue weighted by atomic mass is 16.2. The van der Waals surface area contributed by atoms with Crippen LogP contribution in [-0.2, 0) is 17.9 Å². The number of nitrogens with zero attached hydrogens (tertiary/aromatic N) is 1. The molecule has 0 aliphatic carbocycles. The minimum Gasteiger partial charge on any atom is -0.378 e. The largest absolute Gasteiger partial charge is 0.378 e. The van der Waals surface area contributed by atoms with Gasteiger partial charge in [-0.15, -0.1) is 0 Å². The molecule has 0 fully saturated rings. The molecule has 2 rings (SSSR count). The van der Waals surface area contributed by atoms with Gasteiger partial charge in [-0.2, -0.15) is 0 Å². The minimum atomic E-state index is -0.220. The molecule has 5 nitrogen and oxygen atoms in total. The summed E-state index contributed by atoms with van der Waals surface area (Å²) in [5.74, 6) is -0.347. The van der Waals surface area contributed by atoms with E-state index in [4.69, 9.17) is 0 Å². The van der Waals surface area contributed by atoms with Gasteiger partial charge in [-0.25, -0.2) is 0 Å². The Bertz CT molecular complexity index is 735. The van der Waals surface area contributed by atoms with Gasteiger partial charge in [-0.1, -0.05) is 30.8 Å². The van der Waals surface area contributed by atoms with Gasteiger partial charge in [-0.3, -0.25) is 9.59 Å². The van der Waals surface area contributed by atoms with Gasteiger partial charge in [-0.05, 0) is 41.5 Å². The highest BCUT2D eigenvalue weighted by Crippen LogP contribution is 2.12. The van der Waals surface area contributed by atoms with E-state index in [9.17, 15) is 9.59 Å². The third kappa shape index (κ3) is 5.49. The number of amides is 2. The lowest BCUT2D eigenvalue weighted by atomic mass is 10.1. The van der Waals surface area contributed by atoms with Crippen LogP contribution in [0.3, 0.4) is 0 Å². The fourth-order valence-electron chi connectivity index (χ4n) is 2.23. The molecule has 0 bridgehead atoms. The molecule has 130 valence electrons. The van der Waals surface area contributed by atoms with Crippen molar-refractivity contribution in [2.45, 2.75) is 13.1 Å². The average molecular weight is 337 g/mol. The van der Waals surface area contributed by atoms with Gasteiger partial charge in [0, 0.05) is 38.4 Å². The molecule has 0 aliphatic heterocycles. The Kier molecular flexibility index (Phi) is 6.34. The molecule has 2 aromatic rings. The molecule has 0 unspecified atom stereocenters. The highest BCUT2D eigenvalue weighted by Gasteiger charge is 2.06. The maximum atomic E-state index is 12.2. The second-order valence-electron chi connectivity index (χ2n) is 5.86. The molecule has 0 saturated heterocycles. The third-order valence-corrected chi connectivity index (χ3v) is 3.77. The number of carbonyl (C=O) groups excluding carboxylic acids is 2. The number of carbonyl (C=O) groups is 2. The van der Waals surface area contributed by atoms with Crippen LogP contribution in [0.25, 0.3) is 0 Å². The monoisotopic (exact) mass is 337 g/mol. The smallest absolute Gasteiger partial charge is 0.251 e. The summed E-state index contributed by atoms with van der Waals surface area (Å²) in [6, 6.07) is 15.2. The minimum absolute atomic E-state index is 0.127. The first-order chi connectivity index (χ1) is 12.0. The maximum absolute atomic E-state index is 12.2. The van der Waals surface area contributed by atoms with Crippen LogP contribution >= 0.6 is 0 Å². The molecule has 25 heavy (non-hydrogen) atoms. The van der Waals surface area contributed by atoms with E-state index in [0.29, 0.717) is 18.7 Å². The van der Waals surface area contributed by atoms with Crippen LogP contribution in [0.2, 0.25) is 0 Å². The zero-order valence-corrected chi connectivity index (χ0v) is 14.6. The molecule has 0 aromatic heterocycles. The first-order valence-electron chi connectivity index (χ1n) is 8.03. The molecule has 2 aromatic carbocycles. The molecule has 2 N–H and O–H groups in total. The topological polar surface area (TPSA) is 61.4 Å². The molecule has 0 spiro atoms. The predicted molar refractivity (Wildman–Crippen MR) is 100 cm³/mol. The Morgan fingerprint density at radius 3 is 1.96 bits per heavy atom.